The lowest BCUT2D eigenvalue weighted by molar-refractivity contribution is -0.135. The molecule has 1 heterocycles. The maximum atomic E-state index is 11.8. The highest BCUT2D eigenvalue weighted by Gasteiger charge is 2.37. The minimum atomic E-state index is -3.30. The van der Waals surface area contributed by atoms with Crippen molar-refractivity contribution in [2.45, 2.75) is 6.54 Å². The lowest BCUT2D eigenvalue weighted by atomic mass is 10.2. The van der Waals surface area contributed by atoms with Crippen molar-refractivity contribution >= 4 is 19.4 Å². The van der Waals surface area contributed by atoms with Crippen molar-refractivity contribution in [1.29, 1.82) is 0 Å². The van der Waals surface area contributed by atoms with Crippen molar-refractivity contribution in [3.8, 4) is 0 Å². The molecule has 6 nitrogen and oxygen atoms in total. The molecule has 0 unspecified atom stereocenters. The van der Waals surface area contributed by atoms with Gasteiger partial charge in [0.25, 0.3) is 0 Å². The quantitative estimate of drug-likeness (QED) is 0.517. The van der Waals surface area contributed by atoms with Gasteiger partial charge in [-0.2, -0.15) is 0 Å². The molecule has 0 saturated carbocycles. The molecule has 0 radical (unpaired) electrons. The third-order valence-electron chi connectivity index (χ3n) is 2.07. The highest BCUT2D eigenvalue weighted by Crippen LogP contribution is 2.34. The summed E-state index contributed by atoms with van der Waals surface area (Å²) in [4.78, 5) is 21.7. The fourth-order valence-electron chi connectivity index (χ4n) is 1.29. The van der Waals surface area contributed by atoms with Gasteiger partial charge in [0.1, 0.15) is 0 Å². The lowest BCUT2D eigenvalue weighted by Gasteiger charge is -2.12. The molecule has 1 fully saturated rings. The van der Waals surface area contributed by atoms with E-state index in [0.717, 1.165) is 5.56 Å². The molecule has 16 heavy (non-hydrogen) atoms. The van der Waals surface area contributed by atoms with Gasteiger partial charge in [-0.05, 0) is 5.56 Å². The summed E-state index contributed by atoms with van der Waals surface area (Å²) in [6.45, 7) is 0.304. The number of benzene rings is 1. The zero-order valence-corrected chi connectivity index (χ0v) is 9.16. The minimum Gasteiger partial charge on any atom is -0.270 e. The predicted octanol–water partition coefficient (Wildman–Crippen LogP) is 0.130. The Balaban J connectivity index is 1.99. The van der Waals surface area contributed by atoms with Gasteiger partial charge in [0.05, 0.1) is 0 Å². The molecule has 7 heteroatoms. The first kappa shape index (κ1) is 10.9. The van der Waals surface area contributed by atoms with Gasteiger partial charge in [-0.3, -0.25) is 24.3 Å². The smallest absolute Gasteiger partial charge is 0.270 e. The van der Waals surface area contributed by atoms with E-state index >= 15 is 0 Å². The molecule has 84 valence electrons. The van der Waals surface area contributed by atoms with Gasteiger partial charge in [-0.25, -0.2) is 5.09 Å². The van der Waals surface area contributed by atoms with Crippen LogP contribution in [0.4, 0.5) is 0 Å². The van der Waals surface area contributed by atoms with Crippen molar-refractivity contribution in [3.63, 3.8) is 0 Å². The molecular formula is C9H10N3O3P. The molecule has 0 atom stereocenters. The van der Waals surface area contributed by atoms with Crippen LogP contribution in [0, 0.1) is 0 Å². The zero-order chi connectivity index (χ0) is 11.6. The van der Waals surface area contributed by atoms with E-state index in [4.69, 9.17) is 0 Å². The van der Waals surface area contributed by atoms with E-state index in [9.17, 15) is 14.2 Å². The molecule has 0 bridgehead atoms. The van der Waals surface area contributed by atoms with Gasteiger partial charge >= 0.3 is 19.4 Å². The Kier molecular flexibility index (Phi) is 2.77. The number of amides is 2. The van der Waals surface area contributed by atoms with Crippen LogP contribution in [0.1, 0.15) is 5.56 Å². The Hall–Kier alpha value is -1.65. The minimum absolute atomic E-state index is 0.304. The molecule has 1 aromatic carbocycles. The third kappa shape index (κ3) is 2.29. The summed E-state index contributed by atoms with van der Waals surface area (Å²) in [5.41, 5.74) is 0.910. The normalized spacial score (nSPS) is 18.0. The van der Waals surface area contributed by atoms with Crippen LogP contribution in [-0.2, 0) is 20.7 Å². The Bertz CT molecular complexity index is 454. The van der Waals surface area contributed by atoms with Gasteiger partial charge < -0.3 is 0 Å². The number of nitrogens with one attached hydrogen (secondary N) is 3. The van der Waals surface area contributed by atoms with Crippen LogP contribution in [0.2, 0.25) is 0 Å². The number of hydrogen-bond acceptors (Lipinski definition) is 3. The largest absolute Gasteiger partial charge is 0.333 e. The summed E-state index contributed by atoms with van der Waals surface area (Å²) >= 11 is 0. The highest BCUT2D eigenvalue weighted by atomic mass is 31.2. The number of carbonyl (C=O) groups is 2. The monoisotopic (exact) mass is 239 g/mol. The predicted molar refractivity (Wildman–Crippen MR) is 57.2 cm³/mol. The van der Waals surface area contributed by atoms with Crippen LogP contribution >= 0.6 is 7.59 Å². The highest BCUT2D eigenvalue weighted by molar-refractivity contribution is 7.60. The lowest BCUT2D eigenvalue weighted by Crippen LogP contribution is -2.23. The molecular weight excluding hydrogens is 229 g/mol. The first-order valence-corrected chi connectivity index (χ1v) is 6.34. The molecule has 0 aromatic heterocycles. The standard InChI is InChI=1S/C9H10N3O3P/c13-8-9(14)12-16(15,11-8)10-6-7-4-2-1-3-5-7/h1-5H,6H2,(H3,10,11,12,13,14,15). The van der Waals surface area contributed by atoms with E-state index in [-0.39, 0.29) is 0 Å². The number of carbonyl (C=O) groups excluding carboxylic acids is 2. The van der Waals surface area contributed by atoms with Crippen LogP contribution in [0.3, 0.4) is 0 Å². The second-order valence-corrected chi connectivity index (χ2v) is 5.29. The molecule has 1 aromatic rings. The van der Waals surface area contributed by atoms with Gasteiger partial charge in [-0.1, -0.05) is 30.3 Å². The van der Waals surface area contributed by atoms with Crippen LogP contribution < -0.4 is 15.3 Å². The molecule has 1 aliphatic heterocycles. The summed E-state index contributed by atoms with van der Waals surface area (Å²) in [5, 5.41) is 6.82. The Morgan fingerprint density at radius 1 is 1.06 bits per heavy atom. The summed E-state index contributed by atoms with van der Waals surface area (Å²) in [6.07, 6.45) is 0. The van der Waals surface area contributed by atoms with Gasteiger partial charge in [-0.15, -0.1) is 0 Å². The average Bonchev–Trinajstić information content (AvgIpc) is 2.53. The SMILES string of the molecule is O=C1NP(=O)(NCc2ccccc2)NC1=O. The summed E-state index contributed by atoms with van der Waals surface area (Å²) in [6, 6.07) is 9.25. The Morgan fingerprint density at radius 3 is 2.19 bits per heavy atom. The fourth-order valence-corrected chi connectivity index (χ4v) is 2.69. The van der Waals surface area contributed by atoms with Crippen molar-refractivity contribution in [2.24, 2.45) is 0 Å². The van der Waals surface area contributed by atoms with Crippen molar-refractivity contribution < 1.29 is 14.2 Å². The maximum absolute atomic E-state index is 11.8. The topological polar surface area (TPSA) is 87.3 Å². The molecule has 2 rings (SSSR count). The summed E-state index contributed by atoms with van der Waals surface area (Å²) in [5.74, 6) is -1.74. The van der Waals surface area contributed by atoms with E-state index in [1.54, 1.807) is 0 Å². The Labute approximate surface area is 92.0 Å². The molecule has 1 aliphatic rings. The first-order valence-electron chi connectivity index (χ1n) is 4.63. The maximum Gasteiger partial charge on any atom is 0.333 e. The van der Waals surface area contributed by atoms with E-state index < -0.39 is 19.4 Å². The third-order valence-corrected chi connectivity index (χ3v) is 3.71. The van der Waals surface area contributed by atoms with Gasteiger partial charge in [0.15, 0.2) is 0 Å². The van der Waals surface area contributed by atoms with Crippen LogP contribution in [0.25, 0.3) is 0 Å². The molecule has 0 aliphatic carbocycles. The van der Waals surface area contributed by atoms with E-state index in [1.165, 1.54) is 0 Å². The second-order valence-electron chi connectivity index (χ2n) is 3.31. The summed E-state index contributed by atoms with van der Waals surface area (Å²) < 4.78 is 11.8. The molecule has 0 spiro atoms. The van der Waals surface area contributed by atoms with Crippen molar-refractivity contribution in [1.82, 2.24) is 15.3 Å². The average molecular weight is 239 g/mol. The van der Waals surface area contributed by atoms with Crippen molar-refractivity contribution in [3.05, 3.63) is 35.9 Å². The van der Waals surface area contributed by atoms with Crippen molar-refractivity contribution in [2.75, 3.05) is 0 Å². The zero-order valence-electron chi connectivity index (χ0n) is 8.27. The molecule has 1 saturated heterocycles. The van der Waals surface area contributed by atoms with Gasteiger partial charge in [0, 0.05) is 6.54 Å². The molecule has 3 N–H and O–H groups in total. The fraction of sp³-hybridized carbons (Fsp3) is 0.111. The second kappa shape index (κ2) is 4.08. The van der Waals surface area contributed by atoms with Crippen LogP contribution in [0.5, 0.6) is 0 Å². The summed E-state index contributed by atoms with van der Waals surface area (Å²) in [7, 11) is -3.30. The van der Waals surface area contributed by atoms with E-state index in [1.807, 2.05) is 30.3 Å². The van der Waals surface area contributed by atoms with E-state index in [2.05, 4.69) is 15.3 Å². The number of hydrogen-bond donors (Lipinski definition) is 3. The van der Waals surface area contributed by atoms with Crippen LogP contribution in [-0.4, -0.2) is 11.8 Å². The van der Waals surface area contributed by atoms with Crippen LogP contribution in [0.15, 0.2) is 30.3 Å². The van der Waals surface area contributed by atoms with E-state index in [0.29, 0.717) is 6.54 Å². The Morgan fingerprint density at radius 2 is 1.62 bits per heavy atom. The van der Waals surface area contributed by atoms with Gasteiger partial charge in [0.2, 0.25) is 0 Å². The number of rotatable bonds is 3. The first-order chi connectivity index (χ1) is 7.59. The molecule has 2 amide bonds.